The molecule has 2 atom stereocenters. The quantitative estimate of drug-likeness (QED) is 0.0406. The van der Waals surface area contributed by atoms with Gasteiger partial charge >= 0.3 is 12.4 Å². The number of hydrogen-bond donors (Lipinski definition) is 2. The number of hydrogen-bond acceptors (Lipinski definition) is 6. The van der Waals surface area contributed by atoms with Crippen molar-refractivity contribution in [2.24, 2.45) is 10.1 Å². The molecule has 288 valence electrons. The van der Waals surface area contributed by atoms with Gasteiger partial charge in [0, 0.05) is 42.2 Å². The standard InChI is InChI=1S/C41H33F6N5O4/c42-40(43,44)32-21-26(22-33(23-32)41(45,46)47)25-49-38(54)39(24-31-9-4-5-10-35(31)51-52-48)36(29-13-11-28(12-14-29)27-7-2-1-3-8-27)56-37(50-39)30-15-17-34(18-16-30)55-20-6-19-53/h1-5,7-18,21-23,36,53H,6,19-20,24-25H2,(H,49,54)/t36-,39-/m1/s1. The molecular weight excluding hydrogens is 740 g/mol. The summed E-state index contributed by atoms with van der Waals surface area (Å²) in [5.74, 6) is -0.380. The first-order valence-corrected chi connectivity index (χ1v) is 17.3. The van der Waals surface area contributed by atoms with Gasteiger partial charge in [-0.25, -0.2) is 4.99 Å². The van der Waals surface area contributed by atoms with Crippen molar-refractivity contribution in [2.75, 3.05) is 13.2 Å². The summed E-state index contributed by atoms with van der Waals surface area (Å²) in [4.78, 5) is 22.5. The van der Waals surface area contributed by atoms with Crippen molar-refractivity contribution < 1.29 is 45.7 Å². The summed E-state index contributed by atoms with van der Waals surface area (Å²) in [5, 5.41) is 15.4. The van der Waals surface area contributed by atoms with Crippen LogP contribution in [0, 0.1) is 0 Å². The van der Waals surface area contributed by atoms with E-state index in [1.807, 2.05) is 42.5 Å². The summed E-state index contributed by atoms with van der Waals surface area (Å²) in [6.07, 6.45) is -11.2. The van der Waals surface area contributed by atoms with Gasteiger partial charge in [-0.2, -0.15) is 26.3 Å². The number of carbonyl (C=O) groups is 1. The molecule has 1 aliphatic heterocycles. The third kappa shape index (κ3) is 8.96. The van der Waals surface area contributed by atoms with Crippen LogP contribution in [-0.2, 0) is 34.8 Å². The fraction of sp³-hybridized carbons (Fsp3) is 0.220. The van der Waals surface area contributed by atoms with Crippen LogP contribution in [0.15, 0.2) is 131 Å². The number of rotatable bonds is 13. The number of aliphatic hydroxyl groups is 1. The molecule has 1 heterocycles. The Morgan fingerprint density at radius 2 is 1.45 bits per heavy atom. The Morgan fingerprint density at radius 3 is 2.07 bits per heavy atom. The molecule has 0 aromatic heterocycles. The van der Waals surface area contributed by atoms with E-state index in [-0.39, 0.29) is 37.3 Å². The van der Waals surface area contributed by atoms with Crippen LogP contribution in [0.4, 0.5) is 32.0 Å². The maximum atomic E-state index is 14.7. The van der Waals surface area contributed by atoms with Crippen LogP contribution >= 0.6 is 0 Å². The van der Waals surface area contributed by atoms with Crippen molar-refractivity contribution in [1.29, 1.82) is 0 Å². The Labute approximate surface area is 316 Å². The van der Waals surface area contributed by atoms with Crippen LogP contribution in [0.1, 0.15) is 45.9 Å². The van der Waals surface area contributed by atoms with Crippen LogP contribution < -0.4 is 10.1 Å². The van der Waals surface area contributed by atoms with Gasteiger partial charge in [0.05, 0.1) is 17.7 Å². The number of alkyl halides is 6. The lowest BCUT2D eigenvalue weighted by Crippen LogP contribution is -2.49. The highest BCUT2D eigenvalue weighted by Crippen LogP contribution is 2.44. The molecule has 0 saturated carbocycles. The molecule has 0 saturated heterocycles. The van der Waals surface area contributed by atoms with Gasteiger partial charge in [0.1, 0.15) is 5.75 Å². The summed E-state index contributed by atoms with van der Waals surface area (Å²) in [5.41, 5.74) is 7.06. The van der Waals surface area contributed by atoms with E-state index in [0.717, 1.165) is 11.1 Å². The van der Waals surface area contributed by atoms with E-state index >= 15 is 0 Å². The molecule has 6 rings (SSSR count). The van der Waals surface area contributed by atoms with Crippen molar-refractivity contribution in [3.63, 3.8) is 0 Å². The summed E-state index contributed by atoms with van der Waals surface area (Å²) >= 11 is 0. The fourth-order valence-electron chi connectivity index (χ4n) is 6.32. The molecule has 1 amide bonds. The normalized spacial score (nSPS) is 16.7. The van der Waals surface area contributed by atoms with Gasteiger partial charge < -0.3 is 19.9 Å². The second-order valence-corrected chi connectivity index (χ2v) is 12.9. The molecular formula is C41H33F6N5O4. The molecule has 56 heavy (non-hydrogen) atoms. The van der Waals surface area contributed by atoms with Crippen molar-refractivity contribution in [2.45, 2.75) is 43.4 Å². The molecule has 0 radical (unpaired) electrons. The number of aliphatic hydroxyl groups excluding tert-OH is 1. The molecule has 0 fully saturated rings. The molecule has 1 aliphatic rings. The summed E-state index contributed by atoms with van der Waals surface area (Å²) < 4.78 is 94.5. The number of benzene rings is 5. The van der Waals surface area contributed by atoms with Gasteiger partial charge in [0.15, 0.2) is 11.6 Å². The zero-order chi connectivity index (χ0) is 39.9. The largest absolute Gasteiger partial charge is 0.494 e. The minimum absolute atomic E-state index is 0.0128. The van der Waals surface area contributed by atoms with Crippen LogP contribution in [0.25, 0.3) is 21.6 Å². The zero-order valence-corrected chi connectivity index (χ0v) is 29.4. The number of nitrogens with zero attached hydrogens (tertiary/aromatic N) is 4. The Morgan fingerprint density at radius 1 is 0.839 bits per heavy atom. The van der Waals surface area contributed by atoms with Gasteiger partial charge in [-0.3, -0.25) is 4.79 Å². The van der Waals surface area contributed by atoms with Crippen molar-refractivity contribution in [1.82, 2.24) is 5.32 Å². The number of ether oxygens (including phenoxy) is 2. The Balaban J connectivity index is 1.46. The Bertz CT molecular complexity index is 2210. The maximum Gasteiger partial charge on any atom is 0.416 e. The number of halogens is 6. The van der Waals surface area contributed by atoms with Gasteiger partial charge in [-0.1, -0.05) is 84.0 Å². The number of aliphatic imine (C=N–C) groups is 1. The smallest absolute Gasteiger partial charge is 0.416 e. The predicted molar refractivity (Wildman–Crippen MR) is 196 cm³/mol. The highest BCUT2D eigenvalue weighted by atomic mass is 19.4. The van der Waals surface area contributed by atoms with E-state index in [2.05, 4.69) is 15.3 Å². The average Bonchev–Trinajstić information content (AvgIpc) is 3.58. The monoisotopic (exact) mass is 773 g/mol. The number of carbonyl (C=O) groups excluding carboxylic acids is 1. The highest BCUT2D eigenvalue weighted by Gasteiger charge is 2.53. The SMILES string of the molecule is [N-]=[N+]=Nc1ccccc1C[C@@]1(C(=O)NCc2cc(C(F)(F)F)cc(C(F)(F)F)c2)N=C(c2ccc(OCCCO)cc2)O[C@@H]1c1ccc(-c2ccccc2)cc1. The summed E-state index contributed by atoms with van der Waals surface area (Å²) in [6, 6.07) is 30.7. The molecule has 5 aromatic carbocycles. The maximum absolute atomic E-state index is 14.7. The first-order chi connectivity index (χ1) is 26.8. The first-order valence-electron chi connectivity index (χ1n) is 17.3. The molecule has 5 aromatic rings. The summed E-state index contributed by atoms with van der Waals surface area (Å²) in [7, 11) is 0. The first kappa shape index (κ1) is 39.4. The predicted octanol–water partition coefficient (Wildman–Crippen LogP) is 9.91. The summed E-state index contributed by atoms with van der Waals surface area (Å²) in [6.45, 7) is -0.519. The van der Waals surface area contributed by atoms with Crippen molar-refractivity contribution >= 4 is 17.5 Å². The lowest BCUT2D eigenvalue weighted by atomic mass is 9.81. The molecule has 9 nitrogen and oxygen atoms in total. The Kier molecular flexibility index (Phi) is 11.7. The van der Waals surface area contributed by atoms with E-state index < -0.39 is 53.1 Å². The van der Waals surface area contributed by atoms with E-state index in [1.54, 1.807) is 54.6 Å². The van der Waals surface area contributed by atoms with Crippen LogP contribution in [0.5, 0.6) is 5.75 Å². The third-order valence-electron chi connectivity index (χ3n) is 9.06. The van der Waals surface area contributed by atoms with E-state index in [9.17, 15) is 36.7 Å². The molecule has 0 unspecified atom stereocenters. The minimum atomic E-state index is -5.10. The van der Waals surface area contributed by atoms with Crippen molar-refractivity contribution in [3.05, 3.63) is 165 Å². The zero-order valence-electron chi connectivity index (χ0n) is 29.4. The molecule has 0 aliphatic carbocycles. The second-order valence-electron chi connectivity index (χ2n) is 12.9. The number of azide groups is 1. The number of amides is 1. The lowest BCUT2D eigenvalue weighted by Gasteiger charge is -2.31. The number of nitrogens with one attached hydrogen (secondary N) is 1. The molecule has 0 spiro atoms. The minimum Gasteiger partial charge on any atom is -0.494 e. The topological polar surface area (TPSA) is 129 Å². The average molecular weight is 774 g/mol. The van der Waals surface area contributed by atoms with E-state index in [4.69, 9.17) is 19.6 Å². The van der Waals surface area contributed by atoms with E-state index in [0.29, 0.717) is 41.0 Å². The van der Waals surface area contributed by atoms with Crippen LogP contribution in [-0.4, -0.2) is 35.7 Å². The van der Waals surface area contributed by atoms with E-state index in [1.165, 1.54) is 6.07 Å². The second kappa shape index (κ2) is 16.6. The van der Waals surface area contributed by atoms with Crippen LogP contribution in [0.2, 0.25) is 0 Å². The van der Waals surface area contributed by atoms with Gasteiger partial charge in [-0.15, -0.1) is 0 Å². The molecule has 0 bridgehead atoms. The Hall–Kier alpha value is -6.31. The van der Waals surface area contributed by atoms with Gasteiger partial charge in [0.2, 0.25) is 5.90 Å². The van der Waals surface area contributed by atoms with Crippen LogP contribution in [0.3, 0.4) is 0 Å². The van der Waals surface area contributed by atoms with Gasteiger partial charge in [-0.05, 0) is 75.8 Å². The fourth-order valence-corrected chi connectivity index (χ4v) is 6.32. The highest BCUT2D eigenvalue weighted by molar-refractivity contribution is 6.01. The third-order valence-corrected chi connectivity index (χ3v) is 9.06. The molecule has 15 heteroatoms. The van der Waals surface area contributed by atoms with Crippen molar-refractivity contribution in [3.8, 4) is 16.9 Å². The van der Waals surface area contributed by atoms with Gasteiger partial charge in [0.25, 0.3) is 5.91 Å². The lowest BCUT2D eigenvalue weighted by molar-refractivity contribution is -0.143. The molecule has 2 N–H and O–H groups in total.